The van der Waals surface area contributed by atoms with Gasteiger partial charge in [0.2, 0.25) is 0 Å². The molecule has 0 heterocycles. The van der Waals surface area contributed by atoms with Crippen LogP contribution in [0.25, 0.3) is 10.8 Å². The molecule has 0 spiro atoms. The van der Waals surface area contributed by atoms with Crippen LogP contribution in [-0.2, 0) is 0 Å². The average molecular weight is 320 g/mol. The predicted octanol–water partition coefficient (Wildman–Crippen LogP) is 2.92. The highest BCUT2D eigenvalue weighted by atomic mass is 16.5. The number of hydrazine groups is 1. The van der Waals surface area contributed by atoms with E-state index in [1.165, 1.54) is 0 Å². The molecule has 3 aromatic carbocycles. The molecule has 0 fully saturated rings. The van der Waals surface area contributed by atoms with Crippen LogP contribution in [0.2, 0.25) is 0 Å². The molecule has 0 aliphatic rings. The third kappa shape index (κ3) is 3.20. The van der Waals surface area contributed by atoms with Gasteiger partial charge in [-0.15, -0.1) is 0 Å². The van der Waals surface area contributed by atoms with Gasteiger partial charge in [-0.3, -0.25) is 20.4 Å². The fraction of sp³-hybridized carbons (Fsp3) is 0.0526. The van der Waals surface area contributed by atoms with E-state index in [-0.39, 0.29) is 5.91 Å². The van der Waals surface area contributed by atoms with Crippen molar-refractivity contribution in [3.63, 3.8) is 0 Å². The van der Waals surface area contributed by atoms with Crippen molar-refractivity contribution in [2.24, 2.45) is 0 Å². The summed E-state index contributed by atoms with van der Waals surface area (Å²) in [5, 5.41) is 1.79. The zero-order valence-corrected chi connectivity index (χ0v) is 13.1. The maximum Gasteiger partial charge on any atom is 0.270 e. The Bertz CT molecular complexity index is 883. The molecule has 3 aromatic rings. The molecule has 3 rings (SSSR count). The second kappa shape index (κ2) is 6.83. The molecule has 120 valence electrons. The molecule has 0 aromatic heterocycles. The largest absolute Gasteiger partial charge is 0.497 e. The molecule has 2 amide bonds. The van der Waals surface area contributed by atoms with Gasteiger partial charge in [-0.25, -0.2) is 0 Å². The number of fused-ring (bicyclic) bond motifs is 1. The molecule has 0 aliphatic heterocycles. The topological polar surface area (TPSA) is 67.4 Å². The van der Waals surface area contributed by atoms with E-state index in [0.717, 1.165) is 10.8 Å². The lowest BCUT2D eigenvalue weighted by Crippen LogP contribution is -2.41. The molecular weight excluding hydrogens is 304 g/mol. The first kappa shape index (κ1) is 15.6. The third-order valence-electron chi connectivity index (χ3n) is 3.68. The maximum absolute atomic E-state index is 12.3. The molecule has 0 saturated heterocycles. The van der Waals surface area contributed by atoms with Crippen LogP contribution in [0.1, 0.15) is 20.7 Å². The number of methoxy groups -OCH3 is 1. The molecule has 5 heteroatoms. The van der Waals surface area contributed by atoms with Crippen molar-refractivity contribution in [2.75, 3.05) is 7.11 Å². The number of ether oxygens (including phenoxy) is 1. The van der Waals surface area contributed by atoms with E-state index >= 15 is 0 Å². The predicted molar refractivity (Wildman–Crippen MR) is 91.9 cm³/mol. The zero-order valence-electron chi connectivity index (χ0n) is 13.1. The van der Waals surface area contributed by atoms with Crippen LogP contribution in [0.15, 0.2) is 66.7 Å². The first-order valence-electron chi connectivity index (χ1n) is 7.41. The molecule has 5 nitrogen and oxygen atoms in total. The number of hydrogen-bond donors (Lipinski definition) is 2. The standard InChI is InChI=1S/C19H16N2O3/c1-24-15-11-9-14(10-12-15)18(22)20-21-19(23)17-8-4-6-13-5-2-3-7-16(13)17/h2-12H,1H3,(H,20,22)(H,21,23). The van der Waals surface area contributed by atoms with Crippen LogP contribution in [0, 0.1) is 0 Å². The number of carbonyl (C=O) groups is 2. The van der Waals surface area contributed by atoms with E-state index < -0.39 is 5.91 Å². The summed E-state index contributed by atoms with van der Waals surface area (Å²) in [5.41, 5.74) is 5.80. The van der Waals surface area contributed by atoms with Gasteiger partial charge in [-0.05, 0) is 41.1 Å². The highest BCUT2D eigenvalue weighted by Gasteiger charge is 2.11. The van der Waals surface area contributed by atoms with Gasteiger partial charge in [-0.1, -0.05) is 36.4 Å². The molecule has 0 radical (unpaired) electrons. The van der Waals surface area contributed by atoms with Crippen LogP contribution < -0.4 is 15.6 Å². The van der Waals surface area contributed by atoms with Gasteiger partial charge >= 0.3 is 0 Å². The fourth-order valence-corrected chi connectivity index (χ4v) is 2.42. The Morgan fingerprint density at radius 3 is 2.21 bits per heavy atom. The van der Waals surface area contributed by atoms with Gasteiger partial charge in [-0.2, -0.15) is 0 Å². The van der Waals surface area contributed by atoms with Crippen molar-refractivity contribution in [1.82, 2.24) is 10.9 Å². The van der Waals surface area contributed by atoms with Crippen molar-refractivity contribution in [3.05, 3.63) is 77.9 Å². The lowest BCUT2D eigenvalue weighted by atomic mass is 10.0. The molecule has 24 heavy (non-hydrogen) atoms. The number of carbonyl (C=O) groups excluding carboxylic acids is 2. The van der Waals surface area contributed by atoms with E-state index in [2.05, 4.69) is 10.9 Å². The summed E-state index contributed by atoms with van der Waals surface area (Å²) in [6.07, 6.45) is 0. The molecule has 0 saturated carbocycles. The van der Waals surface area contributed by atoms with Crippen molar-refractivity contribution in [2.45, 2.75) is 0 Å². The van der Waals surface area contributed by atoms with Gasteiger partial charge in [0, 0.05) is 11.1 Å². The van der Waals surface area contributed by atoms with Crippen LogP contribution in [0.4, 0.5) is 0 Å². The minimum Gasteiger partial charge on any atom is -0.497 e. The van der Waals surface area contributed by atoms with Crippen molar-refractivity contribution in [1.29, 1.82) is 0 Å². The number of benzene rings is 3. The fourth-order valence-electron chi connectivity index (χ4n) is 2.42. The maximum atomic E-state index is 12.3. The molecule has 2 N–H and O–H groups in total. The first-order valence-corrected chi connectivity index (χ1v) is 7.41. The van der Waals surface area contributed by atoms with Crippen molar-refractivity contribution >= 4 is 22.6 Å². The summed E-state index contributed by atoms with van der Waals surface area (Å²) in [6.45, 7) is 0. The minimum atomic E-state index is -0.397. The van der Waals surface area contributed by atoms with Crippen molar-refractivity contribution in [3.8, 4) is 5.75 Å². The average Bonchev–Trinajstić information content (AvgIpc) is 2.65. The minimum absolute atomic E-state index is 0.367. The second-order valence-corrected chi connectivity index (χ2v) is 5.16. The highest BCUT2D eigenvalue weighted by Crippen LogP contribution is 2.18. The number of nitrogens with one attached hydrogen (secondary N) is 2. The Kier molecular flexibility index (Phi) is 4.43. The van der Waals surface area contributed by atoms with Gasteiger partial charge in [0.1, 0.15) is 5.75 Å². The summed E-state index contributed by atoms with van der Waals surface area (Å²) >= 11 is 0. The lowest BCUT2D eigenvalue weighted by molar-refractivity contribution is 0.0847. The Balaban J connectivity index is 1.71. The summed E-state index contributed by atoms with van der Waals surface area (Å²) in [7, 11) is 1.56. The Labute approximate surface area is 139 Å². The van der Waals surface area contributed by atoms with Crippen LogP contribution in [-0.4, -0.2) is 18.9 Å². The molecule has 0 aliphatic carbocycles. The van der Waals surface area contributed by atoms with E-state index in [1.54, 1.807) is 37.4 Å². The second-order valence-electron chi connectivity index (χ2n) is 5.16. The van der Waals surface area contributed by atoms with E-state index in [1.807, 2.05) is 36.4 Å². The Hall–Kier alpha value is -3.34. The highest BCUT2D eigenvalue weighted by molar-refractivity contribution is 6.07. The van der Waals surface area contributed by atoms with Gasteiger partial charge in [0.25, 0.3) is 11.8 Å². The number of rotatable bonds is 3. The first-order chi connectivity index (χ1) is 11.7. The van der Waals surface area contributed by atoms with E-state index in [4.69, 9.17) is 4.74 Å². The summed E-state index contributed by atoms with van der Waals surface area (Å²) in [4.78, 5) is 24.4. The summed E-state index contributed by atoms with van der Waals surface area (Å²) in [5.74, 6) is -0.105. The van der Waals surface area contributed by atoms with E-state index in [0.29, 0.717) is 16.9 Å². The molecule has 0 unspecified atom stereocenters. The summed E-state index contributed by atoms with van der Waals surface area (Å²) in [6, 6.07) is 19.7. The SMILES string of the molecule is COc1ccc(C(=O)NNC(=O)c2cccc3ccccc23)cc1. The normalized spacial score (nSPS) is 10.2. The van der Waals surface area contributed by atoms with Gasteiger partial charge in [0.05, 0.1) is 7.11 Å². The quantitative estimate of drug-likeness (QED) is 0.729. The smallest absolute Gasteiger partial charge is 0.270 e. The molecule has 0 atom stereocenters. The molecular formula is C19H16N2O3. The van der Waals surface area contributed by atoms with Gasteiger partial charge in [0.15, 0.2) is 0 Å². The van der Waals surface area contributed by atoms with Crippen LogP contribution in [0.3, 0.4) is 0 Å². The lowest BCUT2D eigenvalue weighted by Gasteiger charge is -2.09. The van der Waals surface area contributed by atoms with Gasteiger partial charge < -0.3 is 4.74 Å². The van der Waals surface area contributed by atoms with Crippen LogP contribution in [0.5, 0.6) is 5.75 Å². The number of hydrogen-bond acceptors (Lipinski definition) is 3. The zero-order chi connectivity index (χ0) is 16.9. The molecule has 0 bridgehead atoms. The monoisotopic (exact) mass is 320 g/mol. The van der Waals surface area contributed by atoms with Crippen LogP contribution >= 0.6 is 0 Å². The van der Waals surface area contributed by atoms with E-state index in [9.17, 15) is 9.59 Å². The third-order valence-corrected chi connectivity index (χ3v) is 3.68. The van der Waals surface area contributed by atoms with Crippen molar-refractivity contribution < 1.29 is 14.3 Å². The Morgan fingerprint density at radius 1 is 0.792 bits per heavy atom. The Morgan fingerprint density at radius 2 is 1.46 bits per heavy atom. The summed E-state index contributed by atoms with van der Waals surface area (Å²) < 4.78 is 5.04. The number of amides is 2.